The fourth-order valence-corrected chi connectivity index (χ4v) is 5.65. The summed E-state index contributed by atoms with van der Waals surface area (Å²) >= 11 is 0. The molecule has 36 heavy (non-hydrogen) atoms. The number of nitrogens with one attached hydrogen (secondary N) is 2. The summed E-state index contributed by atoms with van der Waals surface area (Å²) in [5, 5.41) is 18.0. The number of benzene rings is 3. The normalized spacial score (nSPS) is 13.0. The Morgan fingerprint density at radius 3 is 1.67 bits per heavy atom. The summed E-state index contributed by atoms with van der Waals surface area (Å²) in [6.45, 7) is 0.0905. The molecule has 1 heterocycles. The number of hydrogen-bond acceptors (Lipinski definition) is 8. The van der Waals surface area contributed by atoms with Crippen molar-refractivity contribution in [2.75, 3.05) is 22.7 Å². The second kappa shape index (κ2) is 9.39. The zero-order valence-corrected chi connectivity index (χ0v) is 19.8. The first kappa shape index (κ1) is 24.8. The lowest BCUT2D eigenvalue weighted by molar-refractivity contribution is 0.0686. The summed E-state index contributed by atoms with van der Waals surface area (Å²) in [6.07, 6.45) is 0. The maximum atomic E-state index is 13.2. The van der Waals surface area contributed by atoms with Crippen molar-refractivity contribution in [3.8, 4) is 11.5 Å². The van der Waals surface area contributed by atoms with Gasteiger partial charge in [0.1, 0.15) is 18.1 Å². The predicted octanol–water partition coefficient (Wildman–Crippen LogP) is 2.46. The van der Waals surface area contributed by atoms with Crippen LogP contribution in [0.1, 0.15) is 20.7 Å². The summed E-state index contributed by atoms with van der Waals surface area (Å²) in [4.78, 5) is 21.1. The molecule has 1 aliphatic heterocycles. The fraction of sp³-hybridized carbons (Fsp3) is 0.0909. The number of sulfonamides is 2. The Hall–Kier alpha value is -4.30. The molecule has 3 aromatic rings. The average Bonchev–Trinajstić information content (AvgIpc) is 2.83. The van der Waals surface area contributed by atoms with E-state index in [1.807, 2.05) is 0 Å². The first-order valence-electron chi connectivity index (χ1n) is 10.1. The van der Waals surface area contributed by atoms with Crippen LogP contribution in [0.5, 0.6) is 11.5 Å². The minimum absolute atomic E-state index is 0.0309. The minimum Gasteiger partial charge on any atom is -0.486 e. The van der Waals surface area contributed by atoms with Crippen LogP contribution < -0.4 is 18.9 Å². The SMILES string of the molecule is O=C(O)c1ccc(NS(=O)(=O)c2cc3c(c(S(=O)(=O)Nc4ccc(C(=O)O)cc4)c2)OCCO3)cc1. The second-order valence-electron chi connectivity index (χ2n) is 7.42. The van der Waals surface area contributed by atoms with E-state index in [1.165, 1.54) is 48.5 Å². The molecule has 0 atom stereocenters. The second-order valence-corrected chi connectivity index (χ2v) is 10.8. The molecule has 0 saturated carbocycles. The van der Waals surface area contributed by atoms with Crippen molar-refractivity contribution in [1.29, 1.82) is 0 Å². The number of hydrogen-bond donors (Lipinski definition) is 4. The van der Waals surface area contributed by atoms with E-state index in [2.05, 4.69) is 9.44 Å². The topological polar surface area (TPSA) is 185 Å². The summed E-state index contributed by atoms with van der Waals surface area (Å²) in [5.41, 5.74) is -0.0120. The number of carboxylic acids is 2. The molecule has 188 valence electrons. The molecule has 1 aliphatic rings. The molecule has 0 unspecified atom stereocenters. The molecule has 0 aliphatic carbocycles. The Morgan fingerprint density at radius 2 is 1.17 bits per heavy atom. The van der Waals surface area contributed by atoms with E-state index in [0.717, 1.165) is 12.1 Å². The molecule has 0 amide bonds. The van der Waals surface area contributed by atoms with Crippen LogP contribution in [0.4, 0.5) is 11.4 Å². The Kier molecular flexibility index (Phi) is 6.47. The fourth-order valence-electron chi connectivity index (χ4n) is 3.24. The number of carbonyl (C=O) groups is 2. The minimum atomic E-state index is -4.42. The van der Waals surface area contributed by atoms with Gasteiger partial charge in [0.15, 0.2) is 11.5 Å². The zero-order chi connectivity index (χ0) is 26.1. The van der Waals surface area contributed by atoms with Crippen molar-refractivity contribution in [3.63, 3.8) is 0 Å². The first-order chi connectivity index (χ1) is 17.0. The highest BCUT2D eigenvalue weighted by Crippen LogP contribution is 2.40. The van der Waals surface area contributed by atoms with Gasteiger partial charge >= 0.3 is 11.9 Å². The van der Waals surface area contributed by atoms with Gasteiger partial charge in [-0.1, -0.05) is 0 Å². The Bertz CT molecular complexity index is 1550. The Morgan fingerprint density at radius 1 is 0.694 bits per heavy atom. The van der Waals surface area contributed by atoms with Gasteiger partial charge < -0.3 is 19.7 Å². The summed E-state index contributed by atoms with van der Waals surface area (Å²) < 4.78 is 67.9. The molecule has 4 rings (SSSR count). The number of anilines is 2. The maximum absolute atomic E-state index is 13.2. The first-order valence-corrected chi connectivity index (χ1v) is 13.1. The van der Waals surface area contributed by atoms with E-state index < -0.39 is 41.8 Å². The molecule has 0 fully saturated rings. The highest BCUT2D eigenvalue weighted by atomic mass is 32.2. The van der Waals surface area contributed by atoms with Crippen LogP contribution in [0, 0.1) is 0 Å². The van der Waals surface area contributed by atoms with Crippen LogP contribution in [-0.2, 0) is 20.0 Å². The summed E-state index contributed by atoms with van der Waals surface area (Å²) in [6, 6.07) is 11.8. The largest absolute Gasteiger partial charge is 0.486 e. The van der Waals surface area contributed by atoms with Crippen LogP contribution in [0.25, 0.3) is 0 Å². The smallest absolute Gasteiger partial charge is 0.335 e. The lowest BCUT2D eigenvalue weighted by atomic mass is 10.2. The standard InChI is InChI=1S/C22H18N2O10S2/c25-21(26)13-1-5-15(6-2-13)23-35(29,30)17-11-18-20(34-10-9-33-18)19(12-17)36(31,32)24-16-7-3-14(4-8-16)22(27)28/h1-8,11-12,23-24H,9-10H2,(H,25,26)(H,27,28). The van der Waals surface area contributed by atoms with E-state index in [-0.39, 0.29) is 47.2 Å². The van der Waals surface area contributed by atoms with Crippen LogP contribution in [0.15, 0.2) is 70.5 Å². The maximum Gasteiger partial charge on any atom is 0.335 e. The van der Waals surface area contributed by atoms with Gasteiger partial charge in [-0.15, -0.1) is 0 Å². The van der Waals surface area contributed by atoms with Gasteiger partial charge in [-0.2, -0.15) is 0 Å². The molecule has 0 bridgehead atoms. The van der Waals surface area contributed by atoms with Gasteiger partial charge in [-0.25, -0.2) is 26.4 Å². The molecule has 14 heteroatoms. The third-order valence-electron chi connectivity index (χ3n) is 4.95. The third kappa shape index (κ3) is 5.18. The molecular formula is C22H18N2O10S2. The van der Waals surface area contributed by atoms with Crippen molar-refractivity contribution >= 4 is 43.4 Å². The van der Waals surface area contributed by atoms with Crippen LogP contribution in [-0.4, -0.2) is 52.2 Å². The van der Waals surface area contributed by atoms with Crippen molar-refractivity contribution in [2.24, 2.45) is 0 Å². The summed E-state index contributed by atoms with van der Waals surface area (Å²) in [7, 11) is -8.76. The molecule has 0 saturated heterocycles. The number of aromatic carboxylic acids is 2. The van der Waals surface area contributed by atoms with Crippen molar-refractivity contribution in [1.82, 2.24) is 0 Å². The quantitative estimate of drug-likeness (QED) is 0.334. The third-order valence-corrected chi connectivity index (χ3v) is 7.70. The van der Waals surface area contributed by atoms with Crippen molar-refractivity contribution in [2.45, 2.75) is 9.79 Å². The number of ether oxygens (including phenoxy) is 2. The van der Waals surface area contributed by atoms with E-state index in [9.17, 15) is 26.4 Å². The monoisotopic (exact) mass is 534 g/mol. The average molecular weight is 535 g/mol. The van der Waals surface area contributed by atoms with Crippen LogP contribution in [0.2, 0.25) is 0 Å². The highest BCUT2D eigenvalue weighted by molar-refractivity contribution is 7.93. The van der Waals surface area contributed by atoms with Gasteiger partial charge in [0, 0.05) is 17.4 Å². The molecule has 3 aromatic carbocycles. The van der Waals surface area contributed by atoms with Crippen molar-refractivity contribution in [3.05, 3.63) is 71.8 Å². The lowest BCUT2D eigenvalue weighted by Crippen LogP contribution is -2.22. The van der Waals surface area contributed by atoms with E-state index in [0.29, 0.717) is 0 Å². The Labute approximate surface area is 205 Å². The zero-order valence-electron chi connectivity index (χ0n) is 18.2. The van der Waals surface area contributed by atoms with Crippen LogP contribution >= 0.6 is 0 Å². The predicted molar refractivity (Wildman–Crippen MR) is 126 cm³/mol. The Balaban J connectivity index is 1.71. The molecule has 4 N–H and O–H groups in total. The van der Waals surface area contributed by atoms with E-state index in [1.54, 1.807) is 0 Å². The van der Waals surface area contributed by atoms with E-state index >= 15 is 0 Å². The number of carboxylic acid groups (broad SMARTS) is 2. The van der Waals surface area contributed by atoms with Gasteiger partial charge in [-0.05, 0) is 54.6 Å². The summed E-state index contributed by atoms with van der Waals surface area (Å²) in [5.74, 6) is -2.66. The number of fused-ring (bicyclic) bond motifs is 1. The van der Waals surface area contributed by atoms with Crippen molar-refractivity contribution < 1.29 is 46.1 Å². The van der Waals surface area contributed by atoms with Gasteiger partial charge in [0.05, 0.1) is 16.0 Å². The molecule has 12 nitrogen and oxygen atoms in total. The van der Waals surface area contributed by atoms with Gasteiger partial charge in [0.25, 0.3) is 20.0 Å². The molecular weight excluding hydrogens is 516 g/mol. The molecule has 0 spiro atoms. The highest BCUT2D eigenvalue weighted by Gasteiger charge is 2.30. The van der Waals surface area contributed by atoms with E-state index in [4.69, 9.17) is 19.7 Å². The van der Waals surface area contributed by atoms with Gasteiger partial charge in [-0.3, -0.25) is 9.44 Å². The van der Waals surface area contributed by atoms with Gasteiger partial charge in [0.2, 0.25) is 0 Å². The number of rotatable bonds is 8. The lowest BCUT2D eigenvalue weighted by Gasteiger charge is -2.22. The molecule has 0 radical (unpaired) electrons. The van der Waals surface area contributed by atoms with Crippen LogP contribution in [0.3, 0.4) is 0 Å². The molecule has 0 aromatic heterocycles.